The quantitative estimate of drug-likeness (QED) is 0.788. The van der Waals surface area contributed by atoms with Crippen molar-refractivity contribution in [1.29, 1.82) is 0 Å². The first-order chi connectivity index (χ1) is 7.81. The number of methoxy groups -OCH3 is 1. The molecule has 0 aliphatic heterocycles. The summed E-state index contributed by atoms with van der Waals surface area (Å²) in [6, 6.07) is 8.73. The van der Waals surface area contributed by atoms with Gasteiger partial charge in [0.2, 0.25) is 0 Å². The fraction of sp³-hybridized carbons (Fsp3) is 0.462. The normalized spacial score (nSPS) is 18.9. The van der Waals surface area contributed by atoms with Crippen LogP contribution >= 0.6 is 0 Å². The summed E-state index contributed by atoms with van der Waals surface area (Å²) in [5.41, 5.74) is 2.73. The van der Waals surface area contributed by atoms with Crippen LogP contribution in [0.15, 0.2) is 24.3 Å². The second-order valence-corrected chi connectivity index (χ2v) is 4.10. The summed E-state index contributed by atoms with van der Waals surface area (Å²) in [6.45, 7) is 0.287. The van der Waals surface area contributed by atoms with Crippen LogP contribution in [-0.4, -0.2) is 19.6 Å². The van der Waals surface area contributed by atoms with Gasteiger partial charge in [0.25, 0.3) is 0 Å². The van der Waals surface area contributed by atoms with Crippen molar-refractivity contribution in [3.63, 3.8) is 0 Å². The zero-order valence-corrected chi connectivity index (χ0v) is 9.53. The summed E-state index contributed by atoms with van der Waals surface area (Å²) >= 11 is 0. The van der Waals surface area contributed by atoms with Gasteiger partial charge < -0.3 is 10.1 Å². The lowest BCUT2D eigenvalue weighted by Gasteiger charge is -2.26. The van der Waals surface area contributed by atoms with Crippen LogP contribution in [0, 0.1) is 0 Å². The Morgan fingerprint density at radius 3 is 3.12 bits per heavy atom. The number of benzene rings is 1. The van der Waals surface area contributed by atoms with Crippen molar-refractivity contribution in [2.45, 2.75) is 25.3 Å². The standard InChI is InChI=1S/C13H17NO2/c1-16-13(15)9-14-12-8-4-6-10-5-2-3-7-11(10)12/h2-3,5,7,12,14H,4,6,8-9H2,1H3. The van der Waals surface area contributed by atoms with Crippen molar-refractivity contribution in [2.24, 2.45) is 0 Å². The molecule has 0 aromatic heterocycles. The lowest BCUT2D eigenvalue weighted by atomic mass is 9.88. The molecule has 0 amide bonds. The van der Waals surface area contributed by atoms with Crippen LogP contribution in [0.25, 0.3) is 0 Å². The number of nitrogens with one attached hydrogen (secondary N) is 1. The van der Waals surface area contributed by atoms with Gasteiger partial charge in [-0.1, -0.05) is 24.3 Å². The minimum Gasteiger partial charge on any atom is -0.468 e. The van der Waals surface area contributed by atoms with E-state index in [0.29, 0.717) is 6.04 Å². The first-order valence-corrected chi connectivity index (χ1v) is 5.69. The number of esters is 1. The lowest BCUT2D eigenvalue weighted by molar-refractivity contribution is -0.139. The lowest BCUT2D eigenvalue weighted by Crippen LogP contribution is -2.30. The minimum absolute atomic E-state index is 0.206. The van der Waals surface area contributed by atoms with Gasteiger partial charge in [0.1, 0.15) is 0 Å². The van der Waals surface area contributed by atoms with E-state index in [4.69, 9.17) is 0 Å². The molecule has 0 radical (unpaired) electrons. The van der Waals surface area contributed by atoms with Crippen LogP contribution in [0.4, 0.5) is 0 Å². The predicted molar refractivity (Wildman–Crippen MR) is 62.1 cm³/mol. The summed E-state index contributed by atoms with van der Waals surface area (Å²) in [5, 5.41) is 3.25. The number of rotatable bonds is 3. The number of fused-ring (bicyclic) bond motifs is 1. The van der Waals surface area contributed by atoms with Crippen LogP contribution in [-0.2, 0) is 16.0 Å². The molecule has 0 bridgehead atoms. The van der Waals surface area contributed by atoms with Gasteiger partial charge in [0, 0.05) is 6.04 Å². The van der Waals surface area contributed by atoms with Crippen molar-refractivity contribution in [1.82, 2.24) is 5.32 Å². The molecular weight excluding hydrogens is 202 g/mol. The predicted octanol–water partition coefficient (Wildman–Crippen LogP) is 1.83. The van der Waals surface area contributed by atoms with E-state index in [0.717, 1.165) is 12.8 Å². The van der Waals surface area contributed by atoms with Crippen LogP contribution in [0.2, 0.25) is 0 Å². The van der Waals surface area contributed by atoms with Crippen molar-refractivity contribution in [3.8, 4) is 0 Å². The van der Waals surface area contributed by atoms with Crippen molar-refractivity contribution in [2.75, 3.05) is 13.7 Å². The topological polar surface area (TPSA) is 38.3 Å². The fourth-order valence-electron chi connectivity index (χ4n) is 2.24. The number of carbonyl (C=O) groups excluding carboxylic acids is 1. The van der Waals surface area contributed by atoms with E-state index in [-0.39, 0.29) is 12.5 Å². The van der Waals surface area contributed by atoms with Crippen molar-refractivity contribution >= 4 is 5.97 Å². The van der Waals surface area contributed by atoms with E-state index >= 15 is 0 Å². The fourth-order valence-corrected chi connectivity index (χ4v) is 2.24. The Labute approximate surface area is 95.8 Å². The first-order valence-electron chi connectivity index (χ1n) is 5.69. The Balaban J connectivity index is 2.04. The monoisotopic (exact) mass is 219 g/mol. The molecule has 2 rings (SSSR count). The summed E-state index contributed by atoms with van der Waals surface area (Å²) in [6.07, 6.45) is 3.41. The highest BCUT2D eigenvalue weighted by Crippen LogP contribution is 2.29. The second kappa shape index (κ2) is 5.12. The molecule has 1 N–H and O–H groups in total. The zero-order valence-electron chi connectivity index (χ0n) is 9.53. The molecule has 0 fully saturated rings. The third-order valence-corrected chi connectivity index (χ3v) is 3.09. The number of ether oxygens (including phenoxy) is 1. The molecule has 1 unspecified atom stereocenters. The summed E-state index contributed by atoms with van der Waals surface area (Å²) in [7, 11) is 1.42. The molecule has 3 heteroatoms. The highest BCUT2D eigenvalue weighted by Gasteiger charge is 2.19. The van der Waals surface area contributed by atoms with Gasteiger partial charge in [0.05, 0.1) is 13.7 Å². The highest BCUT2D eigenvalue weighted by atomic mass is 16.5. The summed E-state index contributed by atoms with van der Waals surface area (Å²) in [5.74, 6) is -0.206. The largest absolute Gasteiger partial charge is 0.468 e. The number of hydrogen-bond acceptors (Lipinski definition) is 3. The van der Waals surface area contributed by atoms with Gasteiger partial charge >= 0.3 is 5.97 Å². The molecular formula is C13H17NO2. The van der Waals surface area contributed by atoms with Crippen molar-refractivity contribution < 1.29 is 9.53 Å². The van der Waals surface area contributed by atoms with Crippen LogP contribution in [0.5, 0.6) is 0 Å². The van der Waals surface area contributed by atoms with E-state index < -0.39 is 0 Å². The molecule has 3 nitrogen and oxygen atoms in total. The maximum absolute atomic E-state index is 11.1. The van der Waals surface area contributed by atoms with Crippen LogP contribution in [0.3, 0.4) is 0 Å². The number of carbonyl (C=O) groups is 1. The Morgan fingerprint density at radius 2 is 2.31 bits per heavy atom. The van der Waals surface area contributed by atoms with Crippen LogP contribution in [0.1, 0.15) is 30.0 Å². The molecule has 16 heavy (non-hydrogen) atoms. The average Bonchev–Trinajstić information content (AvgIpc) is 2.35. The average molecular weight is 219 g/mol. The summed E-state index contributed by atoms with van der Waals surface area (Å²) < 4.78 is 4.63. The van der Waals surface area contributed by atoms with Gasteiger partial charge in [-0.3, -0.25) is 4.79 Å². The van der Waals surface area contributed by atoms with Gasteiger partial charge in [-0.2, -0.15) is 0 Å². The molecule has 1 aromatic rings. The molecule has 1 aromatic carbocycles. The van der Waals surface area contributed by atoms with Gasteiger partial charge in [-0.05, 0) is 30.4 Å². The molecule has 1 atom stereocenters. The minimum atomic E-state index is -0.206. The number of aryl methyl sites for hydroxylation is 1. The second-order valence-electron chi connectivity index (χ2n) is 4.10. The van der Waals surface area contributed by atoms with Gasteiger partial charge in [0.15, 0.2) is 0 Å². The van der Waals surface area contributed by atoms with E-state index in [9.17, 15) is 4.79 Å². The Kier molecular flexibility index (Phi) is 3.57. The molecule has 1 aliphatic carbocycles. The molecule has 1 aliphatic rings. The Morgan fingerprint density at radius 1 is 1.50 bits per heavy atom. The molecule has 0 heterocycles. The SMILES string of the molecule is COC(=O)CNC1CCCc2ccccc21. The zero-order chi connectivity index (χ0) is 11.4. The van der Waals surface area contributed by atoms with E-state index in [1.165, 1.54) is 24.7 Å². The maximum Gasteiger partial charge on any atom is 0.319 e. The summed E-state index contributed by atoms with van der Waals surface area (Å²) in [4.78, 5) is 11.1. The van der Waals surface area contributed by atoms with E-state index in [1.54, 1.807) is 0 Å². The molecule has 0 saturated carbocycles. The van der Waals surface area contributed by atoms with Crippen LogP contribution < -0.4 is 5.32 Å². The third-order valence-electron chi connectivity index (χ3n) is 3.09. The van der Waals surface area contributed by atoms with Crippen molar-refractivity contribution in [3.05, 3.63) is 35.4 Å². The Hall–Kier alpha value is -1.35. The molecule has 0 saturated heterocycles. The Bertz CT molecular complexity index is 376. The smallest absolute Gasteiger partial charge is 0.319 e. The first kappa shape index (κ1) is 11.1. The van der Waals surface area contributed by atoms with Gasteiger partial charge in [-0.15, -0.1) is 0 Å². The van der Waals surface area contributed by atoms with E-state index in [1.807, 2.05) is 0 Å². The maximum atomic E-state index is 11.1. The number of hydrogen-bond donors (Lipinski definition) is 1. The molecule has 86 valence electrons. The van der Waals surface area contributed by atoms with E-state index in [2.05, 4.69) is 34.3 Å². The third kappa shape index (κ3) is 2.42. The van der Waals surface area contributed by atoms with Gasteiger partial charge in [-0.25, -0.2) is 0 Å². The molecule has 0 spiro atoms. The highest BCUT2D eigenvalue weighted by molar-refractivity contribution is 5.71.